The minimum Gasteiger partial charge on any atom is -0.478 e. The number of fused-ring (bicyclic) bond motifs is 3. The number of allylic oxidation sites excluding steroid dienone is 6. The SMILES string of the molecule is CO[C@H]1C[C@@H]2CC[C@@H](C)[C@@](O)(O2)C(=O)C(=O)N2CCCC[C@H]2C(=O)O[C@H]([C@H](C)C[C@@H]2CC[C@@H](OCc3cn(-c4ccc(C(=O)O)cc4)nn3)[C@H](OC)C2)CC(=O)[C@H](C)/C=C(\C)[C@@H](O)[C@@H](OC)C(=O)[C@H](C)C[C@H](C)/C=C/C=C/C=C/1C. The van der Waals surface area contributed by atoms with Crippen LogP contribution in [0.15, 0.2) is 78.1 Å². The van der Waals surface area contributed by atoms with Gasteiger partial charge in [0.25, 0.3) is 11.7 Å². The molecule has 1 aromatic heterocycles. The van der Waals surface area contributed by atoms with E-state index < -0.39 is 89.6 Å². The largest absolute Gasteiger partial charge is 0.478 e. The molecule has 4 aliphatic rings. The lowest BCUT2D eigenvalue weighted by Crippen LogP contribution is -2.61. The second-order valence-corrected chi connectivity index (χ2v) is 22.9. The number of carboxylic acids is 1. The van der Waals surface area contributed by atoms with E-state index in [1.165, 1.54) is 24.1 Å². The lowest BCUT2D eigenvalue weighted by Gasteiger charge is -2.42. The first-order chi connectivity index (χ1) is 38.1. The number of aliphatic hydroxyl groups is 2. The van der Waals surface area contributed by atoms with Crippen LogP contribution in [0, 0.1) is 35.5 Å². The maximum absolute atomic E-state index is 14.7. The Bertz CT molecular complexity index is 2570. The number of aliphatic hydroxyl groups excluding tert-OH is 1. The molecule has 1 saturated carbocycles. The zero-order chi connectivity index (χ0) is 58.4. The van der Waals surface area contributed by atoms with Crippen molar-refractivity contribution in [2.45, 2.75) is 187 Å². The fourth-order valence-corrected chi connectivity index (χ4v) is 11.7. The second-order valence-electron chi connectivity index (χ2n) is 22.9. The van der Waals surface area contributed by atoms with Crippen molar-refractivity contribution >= 4 is 35.2 Å². The van der Waals surface area contributed by atoms with Crippen LogP contribution in [0.5, 0.6) is 0 Å². The summed E-state index contributed by atoms with van der Waals surface area (Å²) in [6.45, 7) is 12.9. The van der Waals surface area contributed by atoms with E-state index in [4.69, 9.17) is 28.4 Å². The Balaban J connectivity index is 1.23. The molecule has 440 valence electrons. The molecule has 19 nitrogen and oxygen atoms in total. The molecular weight excluding hydrogens is 1030 g/mol. The molecule has 6 rings (SSSR count). The number of benzene rings is 1. The highest BCUT2D eigenvalue weighted by molar-refractivity contribution is 6.39. The van der Waals surface area contributed by atoms with E-state index in [0.717, 1.165) is 12.0 Å². The molecule has 4 heterocycles. The van der Waals surface area contributed by atoms with Crippen molar-refractivity contribution in [1.29, 1.82) is 0 Å². The first-order valence-electron chi connectivity index (χ1n) is 28.4. The van der Waals surface area contributed by atoms with Gasteiger partial charge in [0, 0.05) is 58.5 Å². The number of carboxylic acid groups (broad SMARTS) is 1. The summed E-state index contributed by atoms with van der Waals surface area (Å²) in [5, 5.41) is 41.4. The Morgan fingerprint density at radius 2 is 1.60 bits per heavy atom. The van der Waals surface area contributed by atoms with Gasteiger partial charge in [0.1, 0.15) is 35.8 Å². The number of piperidine rings is 1. The molecule has 0 radical (unpaired) electrons. The van der Waals surface area contributed by atoms with Crippen molar-refractivity contribution in [1.82, 2.24) is 19.9 Å². The van der Waals surface area contributed by atoms with Crippen molar-refractivity contribution < 1.29 is 72.5 Å². The quantitative estimate of drug-likeness (QED) is 0.111. The van der Waals surface area contributed by atoms with Gasteiger partial charge in [-0.05, 0) is 131 Å². The maximum Gasteiger partial charge on any atom is 0.335 e. The summed E-state index contributed by atoms with van der Waals surface area (Å²) in [7, 11) is 4.57. The number of aromatic nitrogens is 3. The fourth-order valence-electron chi connectivity index (χ4n) is 11.7. The second kappa shape index (κ2) is 29.4. The predicted molar refractivity (Wildman–Crippen MR) is 296 cm³/mol. The summed E-state index contributed by atoms with van der Waals surface area (Å²) in [4.78, 5) is 84.2. The zero-order valence-corrected chi connectivity index (χ0v) is 48.4. The van der Waals surface area contributed by atoms with Crippen LogP contribution in [0.25, 0.3) is 5.69 Å². The highest BCUT2D eigenvalue weighted by Crippen LogP contribution is 2.38. The number of methoxy groups -OCH3 is 3. The van der Waals surface area contributed by atoms with Crippen LogP contribution in [-0.4, -0.2) is 153 Å². The van der Waals surface area contributed by atoms with E-state index in [-0.39, 0.29) is 67.2 Å². The summed E-state index contributed by atoms with van der Waals surface area (Å²) in [5.74, 6) is -9.33. The minimum atomic E-state index is -2.46. The van der Waals surface area contributed by atoms with Crippen LogP contribution in [0.3, 0.4) is 0 Å². The molecule has 3 fully saturated rings. The number of cyclic esters (lactones) is 1. The number of Topliss-reactive ketones (excluding diaryl/α,β-unsaturated/α-hetero) is 3. The number of carbonyl (C=O) groups is 6. The highest BCUT2D eigenvalue weighted by atomic mass is 16.6. The summed E-state index contributed by atoms with van der Waals surface area (Å²) in [5.41, 5.74) is 2.61. The van der Waals surface area contributed by atoms with E-state index >= 15 is 0 Å². The van der Waals surface area contributed by atoms with Crippen LogP contribution in [0.4, 0.5) is 0 Å². The van der Waals surface area contributed by atoms with E-state index in [2.05, 4.69) is 10.3 Å². The van der Waals surface area contributed by atoms with Crippen LogP contribution in [0.2, 0.25) is 0 Å². The number of hydrogen-bond acceptors (Lipinski definition) is 16. The van der Waals surface area contributed by atoms with Gasteiger partial charge >= 0.3 is 11.9 Å². The maximum atomic E-state index is 14.7. The zero-order valence-electron chi connectivity index (χ0n) is 48.4. The normalized spacial score (nSPS) is 35.0. The molecule has 0 spiro atoms. The number of amides is 1. The predicted octanol–water partition coefficient (Wildman–Crippen LogP) is 7.68. The smallest absolute Gasteiger partial charge is 0.335 e. The van der Waals surface area contributed by atoms with Crippen molar-refractivity contribution in [3.05, 3.63) is 89.3 Å². The number of carbonyl (C=O) groups excluding carboxylic acids is 5. The van der Waals surface area contributed by atoms with Gasteiger partial charge < -0.3 is 48.6 Å². The van der Waals surface area contributed by atoms with Gasteiger partial charge in [-0.3, -0.25) is 19.2 Å². The van der Waals surface area contributed by atoms with E-state index in [0.29, 0.717) is 74.7 Å². The van der Waals surface area contributed by atoms with E-state index in [1.54, 1.807) is 64.1 Å². The Kier molecular flexibility index (Phi) is 23.4. The van der Waals surface area contributed by atoms with Crippen LogP contribution >= 0.6 is 0 Å². The third kappa shape index (κ3) is 16.3. The Hall–Kier alpha value is -5.54. The number of hydrogen-bond donors (Lipinski definition) is 3. The van der Waals surface area contributed by atoms with Crippen molar-refractivity contribution in [3.8, 4) is 5.69 Å². The first-order valence-corrected chi connectivity index (χ1v) is 28.4. The highest BCUT2D eigenvalue weighted by Gasteiger charge is 2.53. The summed E-state index contributed by atoms with van der Waals surface area (Å²) in [6, 6.07) is 5.09. The third-order valence-corrected chi connectivity index (χ3v) is 16.8. The van der Waals surface area contributed by atoms with Crippen LogP contribution in [-0.2, 0) is 59.0 Å². The van der Waals surface area contributed by atoms with Gasteiger partial charge in [0.05, 0.1) is 48.5 Å². The molecule has 2 saturated heterocycles. The average Bonchev–Trinajstić information content (AvgIpc) is 3.96. The summed E-state index contributed by atoms with van der Waals surface area (Å²) in [6.07, 6.45) is 12.9. The molecule has 2 bridgehead atoms. The molecule has 2 aromatic rings. The molecule has 1 amide bonds. The molecule has 80 heavy (non-hydrogen) atoms. The minimum absolute atomic E-state index is 0.00202. The average molecular weight is 1120 g/mol. The first kappa shape index (κ1) is 63.6. The Labute approximate surface area is 471 Å². The standard InChI is InChI=1S/C61H86N4O15/c1-36-16-12-11-13-17-37(2)51(75-8)32-47-25-19-42(7)61(74,80-47)57(69)58(70)64-27-15-14-18-48(64)60(73)79-52(33-49(66)38(3)29-41(6)55(68)56(77-10)54(67)40(5)28-36)39(4)30-43-20-26-50(53(31-43)76-9)78-35-45-34-65(63-62-45)46-23-21-44(22-24-46)59(71)72/h11-13,16-17,21-24,29,34,36,38-40,42-43,47-48,50-53,55-56,68,74H,14-15,18-20,25-28,30-33,35H2,1-10H3,(H,71,72)/b13-11+,16-12+,37-17+,41-29+/t36-,38-,39-,40-,42-,43+,47+,48+,50-,51+,52+,53-,55-,56+,61-/m1/s1. The molecule has 19 heteroatoms. The lowest BCUT2D eigenvalue weighted by atomic mass is 9.78. The summed E-state index contributed by atoms with van der Waals surface area (Å²) < 4.78 is 37.9. The van der Waals surface area contributed by atoms with Crippen molar-refractivity contribution in [2.24, 2.45) is 35.5 Å². The number of nitrogens with zero attached hydrogens (tertiary/aromatic N) is 4. The molecule has 15 atom stereocenters. The molecular formula is C61H86N4O15. The topological polar surface area (TPSA) is 252 Å². The number of ether oxygens (including phenoxy) is 6. The fraction of sp³-hybridized carbons (Fsp3) is 0.639. The molecule has 3 N–H and O–H groups in total. The number of aromatic carboxylic acids is 1. The molecule has 3 aliphatic heterocycles. The monoisotopic (exact) mass is 1110 g/mol. The number of rotatable bonds is 11. The van der Waals surface area contributed by atoms with Crippen molar-refractivity contribution in [3.63, 3.8) is 0 Å². The number of ketones is 3. The van der Waals surface area contributed by atoms with Crippen LogP contribution < -0.4 is 0 Å². The van der Waals surface area contributed by atoms with Gasteiger partial charge in [-0.15, -0.1) is 5.10 Å². The lowest BCUT2D eigenvalue weighted by molar-refractivity contribution is -0.265. The van der Waals surface area contributed by atoms with E-state index in [1.807, 2.05) is 58.1 Å². The number of esters is 1. The van der Waals surface area contributed by atoms with Gasteiger partial charge in [-0.1, -0.05) is 76.3 Å². The van der Waals surface area contributed by atoms with Gasteiger partial charge in [-0.25, -0.2) is 14.3 Å². The third-order valence-electron chi connectivity index (χ3n) is 16.8. The van der Waals surface area contributed by atoms with Gasteiger partial charge in [0.15, 0.2) is 5.78 Å². The van der Waals surface area contributed by atoms with Gasteiger partial charge in [-0.2, -0.15) is 0 Å². The van der Waals surface area contributed by atoms with E-state index in [9.17, 15) is 44.1 Å². The molecule has 1 aromatic carbocycles. The Morgan fingerprint density at radius 1 is 0.863 bits per heavy atom. The molecule has 0 unspecified atom stereocenters. The van der Waals surface area contributed by atoms with Gasteiger partial charge in [0.2, 0.25) is 5.79 Å². The molecule has 1 aliphatic carbocycles. The Morgan fingerprint density at radius 3 is 2.29 bits per heavy atom. The van der Waals surface area contributed by atoms with Crippen LogP contribution in [0.1, 0.15) is 142 Å². The van der Waals surface area contributed by atoms with Crippen molar-refractivity contribution in [2.75, 3.05) is 27.9 Å². The summed E-state index contributed by atoms with van der Waals surface area (Å²) >= 11 is 0.